The van der Waals surface area contributed by atoms with Gasteiger partial charge in [0.05, 0.1) is 11.0 Å². The molecule has 0 aromatic rings. The summed E-state index contributed by atoms with van der Waals surface area (Å²) in [5.41, 5.74) is -1.14. The Labute approximate surface area is 110 Å². The van der Waals surface area contributed by atoms with E-state index in [4.69, 9.17) is 0 Å². The summed E-state index contributed by atoms with van der Waals surface area (Å²) >= 11 is 0. The summed E-state index contributed by atoms with van der Waals surface area (Å²) in [5, 5.41) is 11.3. The number of hydrogen-bond acceptors (Lipinski definition) is 3. The van der Waals surface area contributed by atoms with Crippen LogP contribution in [0.1, 0.15) is 51.4 Å². The van der Waals surface area contributed by atoms with Crippen molar-refractivity contribution >= 4 is 5.78 Å². The summed E-state index contributed by atoms with van der Waals surface area (Å²) < 4.78 is 0. The first-order chi connectivity index (χ1) is 8.58. The smallest absolute Gasteiger partial charge is 0.143 e. The molecule has 0 aromatic carbocycles. The lowest BCUT2D eigenvalue weighted by molar-refractivity contribution is -0.198. The van der Waals surface area contributed by atoms with Gasteiger partial charge >= 0.3 is 0 Å². The maximum Gasteiger partial charge on any atom is 0.143 e. The molecule has 3 aliphatic rings. The van der Waals surface area contributed by atoms with Crippen LogP contribution in [0.25, 0.3) is 0 Å². The van der Waals surface area contributed by atoms with Crippen LogP contribution in [0.5, 0.6) is 0 Å². The number of rotatable bonds is 0. The van der Waals surface area contributed by atoms with Crippen molar-refractivity contribution in [3.63, 3.8) is 0 Å². The molecule has 3 atom stereocenters. The normalized spacial score (nSPS) is 46.1. The Hall–Kier alpha value is -0.410. The Morgan fingerprint density at radius 3 is 2.78 bits per heavy atom. The first kappa shape index (κ1) is 12.6. The molecule has 0 unspecified atom stereocenters. The van der Waals surface area contributed by atoms with Gasteiger partial charge in [0, 0.05) is 25.4 Å². The standard InChI is InChI=1S/C15H25NO2/c1-16-10-12-6-2-5-9-15(12,18)14(11-16)8-4-3-7-13(14)17/h12,18H,2-11H2,1H3/t12-,14+,15-/m0/s1. The molecular formula is C15H25NO2. The third-order valence-corrected chi connectivity index (χ3v) is 5.73. The molecular weight excluding hydrogens is 226 g/mol. The molecule has 0 bridgehead atoms. The Balaban J connectivity index is 2.01. The highest BCUT2D eigenvalue weighted by molar-refractivity contribution is 5.87. The largest absolute Gasteiger partial charge is 0.388 e. The van der Waals surface area contributed by atoms with Gasteiger partial charge in [-0.1, -0.05) is 19.3 Å². The van der Waals surface area contributed by atoms with Crippen molar-refractivity contribution in [3.05, 3.63) is 0 Å². The van der Waals surface area contributed by atoms with Gasteiger partial charge in [-0.15, -0.1) is 0 Å². The van der Waals surface area contributed by atoms with E-state index >= 15 is 0 Å². The average Bonchev–Trinajstić information content (AvgIpc) is 2.34. The van der Waals surface area contributed by atoms with Gasteiger partial charge < -0.3 is 10.0 Å². The molecule has 18 heavy (non-hydrogen) atoms. The van der Waals surface area contributed by atoms with Crippen LogP contribution in [0.2, 0.25) is 0 Å². The number of carbonyl (C=O) groups is 1. The number of piperidine rings is 1. The highest BCUT2D eigenvalue weighted by Gasteiger charge is 2.61. The number of nitrogens with zero attached hydrogens (tertiary/aromatic N) is 1. The molecule has 3 fully saturated rings. The van der Waals surface area contributed by atoms with Gasteiger partial charge in [0.25, 0.3) is 0 Å². The molecule has 1 aliphatic heterocycles. The quantitative estimate of drug-likeness (QED) is 0.715. The van der Waals surface area contributed by atoms with Crippen molar-refractivity contribution < 1.29 is 9.90 Å². The minimum Gasteiger partial charge on any atom is -0.388 e. The van der Waals surface area contributed by atoms with E-state index < -0.39 is 11.0 Å². The Bertz CT molecular complexity index is 356. The Kier molecular flexibility index (Phi) is 3.02. The van der Waals surface area contributed by atoms with E-state index in [2.05, 4.69) is 11.9 Å². The maximum atomic E-state index is 12.6. The third kappa shape index (κ3) is 1.60. The monoisotopic (exact) mass is 251 g/mol. The minimum absolute atomic E-state index is 0.312. The number of ketones is 1. The summed E-state index contributed by atoms with van der Waals surface area (Å²) in [6, 6.07) is 0. The van der Waals surface area contributed by atoms with Crippen LogP contribution in [-0.2, 0) is 4.79 Å². The molecule has 1 saturated heterocycles. The number of aliphatic hydroxyl groups is 1. The van der Waals surface area contributed by atoms with Crippen molar-refractivity contribution in [2.75, 3.05) is 20.1 Å². The highest BCUT2D eigenvalue weighted by Crippen LogP contribution is 2.54. The molecule has 2 saturated carbocycles. The van der Waals surface area contributed by atoms with E-state index in [9.17, 15) is 9.90 Å². The fourth-order valence-electron chi connectivity index (χ4n) is 4.86. The summed E-state index contributed by atoms with van der Waals surface area (Å²) in [6.45, 7) is 1.74. The van der Waals surface area contributed by atoms with Gasteiger partial charge in [0.15, 0.2) is 0 Å². The van der Waals surface area contributed by atoms with E-state index in [1.54, 1.807) is 0 Å². The van der Waals surface area contributed by atoms with E-state index in [1.165, 1.54) is 6.42 Å². The SMILES string of the molecule is CN1C[C@@H]2CCCC[C@@]2(O)[C@]2(CCCCC2=O)C1. The fraction of sp³-hybridized carbons (Fsp3) is 0.933. The van der Waals surface area contributed by atoms with Gasteiger partial charge in [-0.25, -0.2) is 0 Å². The molecule has 3 nitrogen and oxygen atoms in total. The number of carbonyl (C=O) groups excluding carboxylic acids is 1. The van der Waals surface area contributed by atoms with Gasteiger partial charge in [-0.05, 0) is 32.7 Å². The van der Waals surface area contributed by atoms with Crippen LogP contribution < -0.4 is 0 Å². The van der Waals surface area contributed by atoms with Gasteiger partial charge in [0.2, 0.25) is 0 Å². The van der Waals surface area contributed by atoms with Crippen LogP contribution in [0.3, 0.4) is 0 Å². The van der Waals surface area contributed by atoms with Crippen molar-refractivity contribution in [1.82, 2.24) is 4.90 Å². The van der Waals surface area contributed by atoms with E-state index in [0.29, 0.717) is 18.1 Å². The molecule has 0 radical (unpaired) electrons. The second-order valence-corrected chi connectivity index (χ2v) is 6.78. The lowest BCUT2D eigenvalue weighted by Gasteiger charge is -2.59. The maximum absolute atomic E-state index is 12.6. The summed E-state index contributed by atoms with van der Waals surface area (Å²) in [5.74, 6) is 0.654. The number of fused-ring (bicyclic) bond motifs is 2. The molecule has 1 spiro atoms. The Morgan fingerprint density at radius 2 is 2.00 bits per heavy atom. The lowest BCUT2D eigenvalue weighted by atomic mass is 9.52. The van der Waals surface area contributed by atoms with Crippen LogP contribution in [0, 0.1) is 11.3 Å². The zero-order valence-corrected chi connectivity index (χ0v) is 11.5. The van der Waals surface area contributed by atoms with E-state index in [1.807, 2.05) is 0 Å². The number of Topliss-reactive ketones (excluding diaryl/α,β-unsaturated/α-hetero) is 1. The molecule has 0 amide bonds. The van der Waals surface area contributed by atoms with Crippen molar-refractivity contribution in [2.45, 2.75) is 57.0 Å². The summed E-state index contributed by atoms with van der Waals surface area (Å²) in [4.78, 5) is 14.9. The van der Waals surface area contributed by atoms with Gasteiger partial charge in [-0.3, -0.25) is 4.79 Å². The summed E-state index contributed by atoms with van der Waals surface area (Å²) in [6.07, 6.45) is 7.95. The molecule has 1 heterocycles. The van der Waals surface area contributed by atoms with Crippen molar-refractivity contribution in [2.24, 2.45) is 11.3 Å². The first-order valence-corrected chi connectivity index (χ1v) is 7.53. The molecule has 2 aliphatic carbocycles. The van der Waals surface area contributed by atoms with Crippen LogP contribution >= 0.6 is 0 Å². The van der Waals surface area contributed by atoms with Crippen LogP contribution in [0.4, 0.5) is 0 Å². The lowest BCUT2D eigenvalue weighted by Crippen LogP contribution is -2.68. The predicted octanol–water partition coefficient (Wildman–Crippen LogP) is 1.98. The number of likely N-dealkylation sites (tertiary alicyclic amines) is 1. The van der Waals surface area contributed by atoms with E-state index in [0.717, 1.165) is 51.6 Å². The highest BCUT2D eigenvalue weighted by atomic mass is 16.3. The molecule has 0 aromatic heterocycles. The molecule has 102 valence electrons. The summed E-state index contributed by atoms with van der Waals surface area (Å²) in [7, 11) is 2.11. The second kappa shape index (κ2) is 4.31. The van der Waals surface area contributed by atoms with Crippen LogP contribution in [-0.4, -0.2) is 41.5 Å². The van der Waals surface area contributed by atoms with Crippen LogP contribution in [0.15, 0.2) is 0 Å². The zero-order valence-electron chi connectivity index (χ0n) is 11.5. The van der Waals surface area contributed by atoms with Gasteiger partial charge in [-0.2, -0.15) is 0 Å². The number of hydrogen-bond donors (Lipinski definition) is 1. The molecule has 1 N–H and O–H groups in total. The molecule has 3 rings (SSSR count). The zero-order chi connectivity index (χ0) is 12.8. The minimum atomic E-state index is -0.699. The van der Waals surface area contributed by atoms with Gasteiger partial charge in [0.1, 0.15) is 5.78 Å². The molecule has 3 heteroatoms. The second-order valence-electron chi connectivity index (χ2n) is 6.78. The average molecular weight is 251 g/mol. The van der Waals surface area contributed by atoms with Crippen molar-refractivity contribution in [1.29, 1.82) is 0 Å². The predicted molar refractivity (Wildman–Crippen MR) is 70.3 cm³/mol. The first-order valence-electron chi connectivity index (χ1n) is 7.53. The Morgan fingerprint density at radius 1 is 1.22 bits per heavy atom. The topological polar surface area (TPSA) is 40.5 Å². The fourth-order valence-corrected chi connectivity index (χ4v) is 4.86. The third-order valence-electron chi connectivity index (χ3n) is 5.73. The van der Waals surface area contributed by atoms with E-state index in [-0.39, 0.29) is 0 Å². The van der Waals surface area contributed by atoms with Crippen molar-refractivity contribution in [3.8, 4) is 0 Å².